The summed E-state index contributed by atoms with van der Waals surface area (Å²) in [5, 5.41) is 0. The van der Waals surface area contributed by atoms with Gasteiger partial charge in [0.05, 0.1) is 6.61 Å². The van der Waals surface area contributed by atoms with Crippen molar-refractivity contribution in [2.24, 2.45) is 23.7 Å². The van der Waals surface area contributed by atoms with Crippen molar-refractivity contribution >= 4 is 0 Å². The summed E-state index contributed by atoms with van der Waals surface area (Å²) < 4.78 is 5.65. The summed E-state index contributed by atoms with van der Waals surface area (Å²) in [6.07, 6.45) is 19.5. The molecule has 1 heteroatoms. The lowest BCUT2D eigenvalue weighted by Crippen LogP contribution is -2.27. The molecule has 1 nitrogen and oxygen atoms in total. The van der Waals surface area contributed by atoms with Gasteiger partial charge in [-0.25, -0.2) is 0 Å². The normalized spacial score (nSPS) is 32.8. The van der Waals surface area contributed by atoms with Crippen LogP contribution in [0.5, 0.6) is 0 Å². The molecule has 0 amide bonds. The average molecular weight is 307 g/mol. The van der Waals surface area contributed by atoms with Crippen LogP contribution < -0.4 is 0 Å². The third-order valence-corrected chi connectivity index (χ3v) is 6.25. The van der Waals surface area contributed by atoms with Crippen molar-refractivity contribution in [3.63, 3.8) is 0 Å². The Morgan fingerprint density at radius 1 is 0.864 bits per heavy atom. The first kappa shape index (κ1) is 18.0. The van der Waals surface area contributed by atoms with Gasteiger partial charge in [0, 0.05) is 6.61 Å². The van der Waals surface area contributed by atoms with E-state index in [2.05, 4.69) is 13.5 Å². The fraction of sp³-hybridized carbons (Fsp3) is 0.905. The molecule has 0 bridgehead atoms. The van der Waals surface area contributed by atoms with Gasteiger partial charge in [-0.05, 0) is 62.2 Å². The first-order valence-corrected chi connectivity index (χ1v) is 10.0. The molecule has 128 valence electrons. The second kappa shape index (κ2) is 10.5. The summed E-state index contributed by atoms with van der Waals surface area (Å²) in [4.78, 5) is 0. The third-order valence-electron chi connectivity index (χ3n) is 6.25. The van der Waals surface area contributed by atoms with E-state index in [1.807, 2.05) is 6.08 Å². The molecule has 2 fully saturated rings. The van der Waals surface area contributed by atoms with E-state index in [9.17, 15) is 0 Å². The monoisotopic (exact) mass is 306 g/mol. The van der Waals surface area contributed by atoms with Crippen LogP contribution in [-0.4, -0.2) is 13.2 Å². The standard InChI is InChI=1S/C21H38O/c1-3-5-6-7-18-8-12-20(13-9-18)21-14-10-19(11-15-21)17-22-16-4-2/h4,18-21H,2-3,5-17H2,1H3/t18-,19?,20-,21?. The van der Waals surface area contributed by atoms with Crippen molar-refractivity contribution in [2.45, 2.75) is 84.0 Å². The van der Waals surface area contributed by atoms with Gasteiger partial charge in [-0.2, -0.15) is 0 Å². The molecule has 0 unspecified atom stereocenters. The van der Waals surface area contributed by atoms with Gasteiger partial charge in [-0.15, -0.1) is 6.58 Å². The van der Waals surface area contributed by atoms with Crippen molar-refractivity contribution in [3.8, 4) is 0 Å². The van der Waals surface area contributed by atoms with Gasteiger partial charge in [0.1, 0.15) is 0 Å². The van der Waals surface area contributed by atoms with Gasteiger partial charge in [-0.1, -0.05) is 51.5 Å². The molecule has 22 heavy (non-hydrogen) atoms. The number of hydrogen-bond donors (Lipinski definition) is 0. The van der Waals surface area contributed by atoms with E-state index in [-0.39, 0.29) is 0 Å². The average Bonchev–Trinajstić information content (AvgIpc) is 2.57. The lowest BCUT2D eigenvalue weighted by molar-refractivity contribution is 0.0779. The molecular weight excluding hydrogens is 268 g/mol. The molecule has 0 saturated heterocycles. The van der Waals surface area contributed by atoms with E-state index in [4.69, 9.17) is 4.74 Å². The SMILES string of the molecule is C=CCOCC1CCC([C@H]2CC[C@H](CCCCC)CC2)CC1. The molecule has 0 atom stereocenters. The zero-order valence-corrected chi connectivity index (χ0v) is 14.9. The molecule has 0 aromatic carbocycles. The number of rotatable bonds is 9. The molecule has 0 N–H and O–H groups in total. The number of ether oxygens (including phenoxy) is 1. The van der Waals surface area contributed by atoms with Crippen LogP contribution in [0, 0.1) is 23.7 Å². The largest absolute Gasteiger partial charge is 0.377 e. The highest BCUT2D eigenvalue weighted by molar-refractivity contribution is 4.82. The van der Waals surface area contributed by atoms with E-state index in [1.54, 1.807) is 0 Å². The van der Waals surface area contributed by atoms with Gasteiger partial charge in [0.15, 0.2) is 0 Å². The topological polar surface area (TPSA) is 9.23 Å². The Kier molecular flexibility index (Phi) is 8.59. The Hall–Kier alpha value is -0.300. The van der Waals surface area contributed by atoms with Crippen LogP contribution in [0.25, 0.3) is 0 Å². The van der Waals surface area contributed by atoms with Crippen molar-refractivity contribution in [2.75, 3.05) is 13.2 Å². The van der Waals surface area contributed by atoms with Crippen molar-refractivity contribution in [1.29, 1.82) is 0 Å². The minimum absolute atomic E-state index is 0.724. The maximum atomic E-state index is 5.65. The second-order valence-electron chi connectivity index (χ2n) is 7.88. The van der Waals surface area contributed by atoms with Crippen molar-refractivity contribution in [1.82, 2.24) is 0 Å². The lowest BCUT2D eigenvalue weighted by Gasteiger charge is -2.38. The van der Waals surface area contributed by atoms with Gasteiger partial charge < -0.3 is 4.74 Å². The zero-order chi connectivity index (χ0) is 15.6. The predicted molar refractivity (Wildman–Crippen MR) is 96.1 cm³/mol. The first-order valence-electron chi connectivity index (χ1n) is 10.0. The highest BCUT2D eigenvalue weighted by Gasteiger charge is 2.30. The van der Waals surface area contributed by atoms with Crippen LogP contribution in [0.1, 0.15) is 84.0 Å². The van der Waals surface area contributed by atoms with E-state index in [0.717, 1.165) is 36.9 Å². The summed E-state index contributed by atoms with van der Waals surface area (Å²) in [5.41, 5.74) is 0. The molecule has 2 aliphatic carbocycles. The summed E-state index contributed by atoms with van der Waals surface area (Å²) in [7, 11) is 0. The van der Waals surface area contributed by atoms with Crippen molar-refractivity contribution in [3.05, 3.63) is 12.7 Å². The molecule has 2 aliphatic rings. The molecule has 0 spiro atoms. The van der Waals surface area contributed by atoms with E-state index in [1.165, 1.54) is 77.0 Å². The van der Waals surface area contributed by atoms with Crippen LogP contribution >= 0.6 is 0 Å². The highest BCUT2D eigenvalue weighted by Crippen LogP contribution is 2.42. The Labute approximate surface area is 138 Å². The molecule has 0 aromatic heterocycles. The maximum Gasteiger partial charge on any atom is 0.0644 e. The minimum Gasteiger partial charge on any atom is -0.377 e. The maximum absolute atomic E-state index is 5.65. The Balaban J connectivity index is 1.59. The molecule has 2 saturated carbocycles. The van der Waals surface area contributed by atoms with E-state index in [0.29, 0.717) is 0 Å². The van der Waals surface area contributed by atoms with E-state index < -0.39 is 0 Å². The van der Waals surface area contributed by atoms with Crippen LogP contribution in [0.4, 0.5) is 0 Å². The van der Waals surface area contributed by atoms with E-state index >= 15 is 0 Å². The third kappa shape index (κ3) is 6.07. The number of hydrogen-bond acceptors (Lipinski definition) is 1. The quantitative estimate of drug-likeness (QED) is 0.354. The van der Waals surface area contributed by atoms with Crippen LogP contribution in [0.3, 0.4) is 0 Å². The molecular formula is C21H38O. The minimum atomic E-state index is 0.724. The molecule has 2 rings (SSSR count). The van der Waals surface area contributed by atoms with Gasteiger partial charge in [-0.3, -0.25) is 0 Å². The smallest absolute Gasteiger partial charge is 0.0644 e. The molecule has 0 aliphatic heterocycles. The summed E-state index contributed by atoms with van der Waals surface area (Å²) in [6.45, 7) is 7.72. The molecule has 0 heterocycles. The van der Waals surface area contributed by atoms with Crippen LogP contribution in [0.15, 0.2) is 12.7 Å². The summed E-state index contributed by atoms with van der Waals surface area (Å²) in [5.74, 6) is 3.97. The fourth-order valence-corrected chi connectivity index (χ4v) is 4.78. The molecule has 0 aromatic rings. The highest BCUT2D eigenvalue weighted by atomic mass is 16.5. The zero-order valence-electron chi connectivity index (χ0n) is 14.9. The second-order valence-corrected chi connectivity index (χ2v) is 7.88. The number of unbranched alkanes of at least 4 members (excludes halogenated alkanes) is 2. The van der Waals surface area contributed by atoms with Gasteiger partial charge in [0.2, 0.25) is 0 Å². The summed E-state index contributed by atoms with van der Waals surface area (Å²) >= 11 is 0. The Bertz CT molecular complexity index is 282. The van der Waals surface area contributed by atoms with Gasteiger partial charge >= 0.3 is 0 Å². The Morgan fingerprint density at radius 3 is 2.00 bits per heavy atom. The predicted octanol–water partition coefficient (Wildman–Crippen LogP) is 6.38. The van der Waals surface area contributed by atoms with Crippen molar-refractivity contribution < 1.29 is 4.74 Å². The Morgan fingerprint density at radius 2 is 1.45 bits per heavy atom. The fourth-order valence-electron chi connectivity index (χ4n) is 4.78. The summed E-state index contributed by atoms with van der Waals surface area (Å²) in [6, 6.07) is 0. The first-order chi connectivity index (χ1) is 10.8. The van der Waals surface area contributed by atoms with Crippen LogP contribution in [0.2, 0.25) is 0 Å². The van der Waals surface area contributed by atoms with Crippen LogP contribution in [-0.2, 0) is 4.74 Å². The lowest BCUT2D eigenvalue weighted by atomic mass is 9.69. The molecule has 0 radical (unpaired) electrons. The van der Waals surface area contributed by atoms with Gasteiger partial charge in [0.25, 0.3) is 0 Å².